The van der Waals surface area contributed by atoms with E-state index in [1.54, 1.807) is 23.5 Å². The van der Waals surface area contributed by atoms with E-state index in [9.17, 15) is 4.79 Å². The average molecular weight is 458 g/mol. The van der Waals surface area contributed by atoms with Crippen molar-refractivity contribution >= 4 is 33.8 Å². The Morgan fingerprint density at radius 1 is 1.13 bits per heavy atom. The Morgan fingerprint density at radius 2 is 1.90 bits per heavy atom. The van der Waals surface area contributed by atoms with Crippen molar-refractivity contribution in [2.45, 2.75) is 26.3 Å². The molecule has 31 heavy (non-hydrogen) atoms. The Balaban J connectivity index is 1.73. The number of nitrogens with one attached hydrogen (secondary N) is 1. The zero-order valence-corrected chi connectivity index (χ0v) is 19.5. The summed E-state index contributed by atoms with van der Waals surface area (Å²) < 4.78 is 5.30. The first-order valence-corrected chi connectivity index (χ1v) is 12.0. The molecule has 1 amide bonds. The van der Waals surface area contributed by atoms with E-state index in [0.29, 0.717) is 5.76 Å². The molecule has 1 atom stereocenters. The maximum Gasteiger partial charge on any atom is 0.291 e. The molecule has 7 heteroatoms. The molecular formula is C24H28ClN3O2S. The van der Waals surface area contributed by atoms with Crippen molar-refractivity contribution in [2.75, 3.05) is 38.0 Å². The van der Waals surface area contributed by atoms with E-state index in [1.807, 2.05) is 18.2 Å². The second-order valence-electron chi connectivity index (χ2n) is 7.68. The molecule has 1 aromatic carbocycles. The summed E-state index contributed by atoms with van der Waals surface area (Å²) in [6, 6.07) is 13.6. The van der Waals surface area contributed by atoms with Gasteiger partial charge in [-0.1, -0.05) is 43.6 Å². The molecule has 1 aliphatic rings. The maximum atomic E-state index is 12.8. The third kappa shape index (κ3) is 4.88. The third-order valence-electron chi connectivity index (χ3n) is 5.85. The molecule has 0 radical (unpaired) electrons. The minimum Gasteiger partial charge on any atom is -0.459 e. The number of rotatable bonds is 7. The second-order valence-corrected chi connectivity index (χ2v) is 9.22. The number of anilines is 1. The van der Waals surface area contributed by atoms with E-state index in [2.05, 4.69) is 41.1 Å². The largest absolute Gasteiger partial charge is 0.459 e. The van der Waals surface area contributed by atoms with Crippen LogP contribution in [-0.2, 0) is 6.42 Å². The van der Waals surface area contributed by atoms with Crippen molar-refractivity contribution in [3.8, 4) is 0 Å². The summed E-state index contributed by atoms with van der Waals surface area (Å²) in [5, 5.41) is 4.71. The van der Waals surface area contributed by atoms with Gasteiger partial charge in [0.2, 0.25) is 0 Å². The number of carbonyl (C=O) groups excluding carboxylic acids is 1. The van der Waals surface area contributed by atoms with E-state index in [4.69, 9.17) is 16.0 Å². The first kappa shape index (κ1) is 22.1. The van der Waals surface area contributed by atoms with Crippen LogP contribution in [0.2, 0.25) is 5.02 Å². The number of benzene rings is 1. The summed E-state index contributed by atoms with van der Waals surface area (Å²) >= 11 is 8.32. The molecule has 0 aliphatic carbocycles. The molecule has 4 rings (SSSR count). The van der Waals surface area contributed by atoms with Gasteiger partial charge in [0.25, 0.3) is 5.91 Å². The van der Waals surface area contributed by atoms with E-state index in [0.717, 1.165) is 60.3 Å². The number of piperazine rings is 1. The van der Waals surface area contributed by atoms with Crippen molar-refractivity contribution in [2.24, 2.45) is 0 Å². The number of halogens is 1. The first-order valence-electron chi connectivity index (χ1n) is 10.8. The number of thiophene rings is 1. The topological polar surface area (TPSA) is 48.7 Å². The van der Waals surface area contributed by atoms with Gasteiger partial charge in [-0.15, -0.1) is 11.3 Å². The Bertz CT molecular complexity index is 1010. The van der Waals surface area contributed by atoms with E-state index >= 15 is 0 Å². The van der Waals surface area contributed by atoms with Crippen molar-refractivity contribution in [3.63, 3.8) is 0 Å². The Morgan fingerprint density at radius 3 is 2.55 bits per heavy atom. The predicted octanol–water partition coefficient (Wildman–Crippen LogP) is 5.54. The summed E-state index contributed by atoms with van der Waals surface area (Å²) in [5.41, 5.74) is 2.17. The van der Waals surface area contributed by atoms with Gasteiger partial charge in [-0.05, 0) is 42.8 Å². The molecule has 1 unspecified atom stereocenters. The van der Waals surface area contributed by atoms with E-state index in [1.165, 1.54) is 11.1 Å². The fourth-order valence-electron chi connectivity index (χ4n) is 4.10. The zero-order valence-electron chi connectivity index (χ0n) is 17.9. The minimum absolute atomic E-state index is 0.0174. The monoisotopic (exact) mass is 457 g/mol. The van der Waals surface area contributed by atoms with Gasteiger partial charge in [-0.2, -0.15) is 0 Å². The molecule has 1 fully saturated rings. The minimum atomic E-state index is -0.232. The lowest BCUT2D eigenvalue weighted by Gasteiger charge is -2.39. The number of amides is 1. The van der Waals surface area contributed by atoms with Crippen molar-refractivity contribution < 1.29 is 9.21 Å². The van der Waals surface area contributed by atoms with Gasteiger partial charge in [0.05, 0.1) is 12.3 Å². The highest BCUT2D eigenvalue weighted by molar-refractivity contribution is 7.16. The number of nitrogens with zero attached hydrogens (tertiary/aromatic N) is 2. The lowest BCUT2D eigenvalue weighted by Crippen LogP contribution is -2.47. The van der Waals surface area contributed by atoms with Crippen LogP contribution in [0.25, 0.3) is 0 Å². The molecule has 0 bridgehead atoms. The van der Waals surface area contributed by atoms with Crippen LogP contribution >= 0.6 is 22.9 Å². The molecule has 0 spiro atoms. The van der Waals surface area contributed by atoms with Crippen LogP contribution in [0.5, 0.6) is 0 Å². The molecule has 3 heterocycles. The zero-order chi connectivity index (χ0) is 21.8. The molecule has 1 aliphatic heterocycles. The molecule has 0 saturated carbocycles. The smallest absolute Gasteiger partial charge is 0.291 e. The molecular weight excluding hydrogens is 430 g/mol. The van der Waals surface area contributed by atoms with Gasteiger partial charge in [0, 0.05) is 41.6 Å². The highest BCUT2D eigenvalue weighted by atomic mass is 35.5. The first-order chi connectivity index (χ1) is 15.1. The van der Waals surface area contributed by atoms with Crippen LogP contribution in [0.1, 0.15) is 46.4 Å². The predicted molar refractivity (Wildman–Crippen MR) is 127 cm³/mol. The fraction of sp³-hybridized carbons (Fsp3) is 0.375. The SMILES string of the molecule is CCc1cc(C(c2ccccc2Cl)N2CCN(CC)CC2)c(NC(=O)c2ccco2)s1. The third-order valence-corrected chi connectivity index (χ3v) is 7.40. The molecule has 164 valence electrons. The van der Waals surface area contributed by atoms with Crippen LogP contribution in [0, 0.1) is 0 Å². The molecule has 1 saturated heterocycles. The van der Waals surface area contributed by atoms with E-state index in [-0.39, 0.29) is 11.9 Å². The van der Waals surface area contributed by atoms with E-state index < -0.39 is 0 Å². The van der Waals surface area contributed by atoms with Crippen molar-refractivity contribution in [3.05, 3.63) is 75.5 Å². The average Bonchev–Trinajstić information content (AvgIpc) is 3.46. The number of hydrogen-bond donors (Lipinski definition) is 1. The molecule has 5 nitrogen and oxygen atoms in total. The number of likely N-dealkylation sites (N-methyl/N-ethyl adjacent to an activating group) is 1. The van der Waals surface area contributed by atoms with Gasteiger partial charge in [0.15, 0.2) is 5.76 Å². The number of aryl methyl sites for hydroxylation is 1. The summed E-state index contributed by atoms with van der Waals surface area (Å²) in [7, 11) is 0. The second kappa shape index (κ2) is 10.0. The summed E-state index contributed by atoms with van der Waals surface area (Å²) in [4.78, 5) is 18.9. The summed E-state index contributed by atoms with van der Waals surface area (Å²) in [6.45, 7) is 9.35. The quantitative estimate of drug-likeness (QED) is 0.506. The molecule has 1 N–H and O–H groups in total. The number of carbonyl (C=O) groups is 1. The van der Waals surface area contributed by atoms with Crippen molar-refractivity contribution in [1.29, 1.82) is 0 Å². The van der Waals surface area contributed by atoms with Crippen LogP contribution in [-0.4, -0.2) is 48.4 Å². The number of hydrogen-bond acceptors (Lipinski definition) is 5. The number of furan rings is 1. The fourth-order valence-corrected chi connectivity index (χ4v) is 5.37. The summed E-state index contributed by atoms with van der Waals surface area (Å²) in [5.74, 6) is 0.0766. The normalized spacial score (nSPS) is 16.4. The molecule has 2 aromatic heterocycles. The maximum absolute atomic E-state index is 12.8. The Hall–Kier alpha value is -2.12. The van der Waals surface area contributed by atoms with Gasteiger partial charge < -0.3 is 14.6 Å². The van der Waals surface area contributed by atoms with Gasteiger partial charge in [-0.3, -0.25) is 9.69 Å². The van der Waals surface area contributed by atoms with Gasteiger partial charge >= 0.3 is 0 Å². The van der Waals surface area contributed by atoms with Gasteiger partial charge in [0.1, 0.15) is 5.00 Å². The van der Waals surface area contributed by atoms with Crippen molar-refractivity contribution in [1.82, 2.24) is 9.80 Å². The highest BCUT2D eigenvalue weighted by Gasteiger charge is 2.31. The highest BCUT2D eigenvalue weighted by Crippen LogP contribution is 2.41. The van der Waals surface area contributed by atoms with Crippen LogP contribution in [0.15, 0.2) is 53.1 Å². The van der Waals surface area contributed by atoms with Crippen LogP contribution < -0.4 is 5.32 Å². The molecule has 3 aromatic rings. The Labute approximate surface area is 192 Å². The van der Waals surface area contributed by atoms with Crippen LogP contribution in [0.4, 0.5) is 5.00 Å². The lowest BCUT2D eigenvalue weighted by atomic mass is 9.97. The Kier molecular flexibility index (Phi) is 7.13. The summed E-state index contributed by atoms with van der Waals surface area (Å²) in [6.07, 6.45) is 2.43. The standard InChI is InChI=1S/C24H28ClN3O2S/c1-3-17-16-19(24(31-17)26-23(29)21-10-7-15-30-21)22(18-8-5-6-9-20(18)25)28-13-11-27(4-2)12-14-28/h5-10,15-16,22H,3-4,11-14H2,1-2H3,(H,26,29). The van der Waals surface area contributed by atoms with Gasteiger partial charge in [-0.25, -0.2) is 0 Å². The lowest BCUT2D eigenvalue weighted by molar-refractivity contribution is 0.0995. The van der Waals surface area contributed by atoms with Crippen LogP contribution in [0.3, 0.4) is 0 Å².